The Labute approximate surface area is 166 Å². The molecule has 0 amide bonds. The van der Waals surface area contributed by atoms with Gasteiger partial charge in [0.25, 0.3) is 0 Å². The summed E-state index contributed by atoms with van der Waals surface area (Å²) in [6.45, 7) is 4.00. The number of nitrogens with one attached hydrogen (secondary N) is 1. The van der Waals surface area contributed by atoms with Crippen LogP contribution in [0.2, 0.25) is 0 Å². The number of carboxylic acids is 1. The summed E-state index contributed by atoms with van der Waals surface area (Å²) in [6.07, 6.45) is 0.592. The smallest absolute Gasteiger partial charge is 0.352 e. The van der Waals surface area contributed by atoms with Crippen LogP contribution in [0.1, 0.15) is 46.3 Å². The molecule has 0 saturated heterocycles. The van der Waals surface area contributed by atoms with Crippen LogP contribution in [-0.2, 0) is 6.42 Å². The van der Waals surface area contributed by atoms with Gasteiger partial charge >= 0.3 is 5.97 Å². The van der Waals surface area contributed by atoms with E-state index in [9.17, 15) is 14.3 Å². The molecule has 0 aliphatic rings. The van der Waals surface area contributed by atoms with E-state index >= 15 is 0 Å². The van der Waals surface area contributed by atoms with Crippen molar-refractivity contribution in [2.24, 2.45) is 0 Å². The van der Waals surface area contributed by atoms with Crippen LogP contribution in [0, 0.1) is 5.82 Å². The zero-order valence-electron chi connectivity index (χ0n) is 15.6. The fourth-order valence-corrected chi connectivity index (χ4v) is 4.54. The molecule has 0 aliphatic carbocycles. The third-order valence-electron chi connectivity index (χ3n) is 5.24. The van der Waals surface area contributed by atoms with Gasteiger partial charge in [0, 0.05) is 21.7 Å². The molecule has 1 unspecified atom stereocenters. The van der Waals surface area contributed by atoms with Crippen molar-refractivity contribution in [3.8, 4) is 11.1 Å². The normalized spacial score (nSPS) is 12.4. The summed E-state index contributed by atoms with van der Waals surface area (Å²) >= 11 is 1.67. The molecule has 3 nitrogen and oxygen atoms in total. The monoisotopic (exact) mass is 393 g/mol. The van der Waals surface area contributed by atoms with Gasteiger partial charge in [0.15, 0.2) is 0 Å². The molecule has 0 spiro atoms. The third kappa shape index (κ3) is 3.02. The number of hydrogen-bond donors (Lipinski definition) is 2. The summed E-state index contributed by atoms with van der Waals surface area (Å²) < 4.78 is 14.4. The number of hydrogen-bond acceptors (Lipinski definition) is 2. The van der Waals surface area contributed by atoms with Crippen LogP contribution in [-0.4, -0.2) is 16.1 Å². The summed E-state index contributed by atoms with van der Waals surface area (Å²) in [6, 6.07) is 14.9. The van der Waals surface area contributed by atoms with E-state index in [-0.39, 0.29) is 17.4 Å². The minimum atomic E-state index is -1.05. The Morgan fingerprint density at radius 3 is 2.68 bits per heavy atom. The van der Waals surface area contributed by atoms with Crippen molar-refractivity contribution >= 4 is 28.2 Å². The lowest BCUT2D eigenvalue weighted by molar-refractivity contribution is 0.0692. The number of aromatic carboxylic acids is 1. The van der Waals surface area contributed by atoms with Gasteiger partial charge in [0.2, 0.25) is 0 Å². The maximum Gasteiger partial charge on any atom is 0.352 e. The number of halogens is 1. The fourth-order valence-electron chi connectivity index (χ4n) is 3.74. The number of para-hydroxylation sites is 1. The Kier molecular flexibility index (Phi) is 4.77. The first-order valence-corrected chi connectivity index (χ1v) is 10.1. The first kappa shape index (κ1) is 18.4. The highest BCUT2D eigenvalue weighted by molar-refractivity contribution is 7.10. The van der Waals surface area contributed by atoms with Crippen LogP contribution in [0.4, 0.5) is 4.39 Å². The van der Waals surface area contributed by atoms with Gasteiger partial charge in [0.1, 0.15) is 11.5 Å². The number of benzene rings is 2. The standard InChI is InChI=1S/C23H20FNO2S/c1-3-14-9-10-15(12-18(14)24)20-17-7-4-6-16(13(2)19-8-5-11-28-19)21(17)25-22(20)23(26)27/h4-13,25H,3H2,1-2H3,(H,26,27). The largest absolute Gasteiger partial charge is 0.477 e. The van der Waals surface area contributed by atoms with Gasteiger partial charge in [-0.05, 0) is 40.6 Å². The number of fused-ring (bicyclic) bond motifs is 1. The first-order valence-electron chi connectivity index (χ1n) is 9.21. The van der Waals surface area contributed by atoms with Crippen molar-refractivity contribution in [3.63, 3.8) is 0 Å². The third-order valence-corrected chi connectivity index (χ3v) is 6.29. The summed E-state index contributed by atoms with van der Waals surface area (Å²) in [5, 5.41) is 12.6. The Hall–Kier alpha value is -2.92. The minimum Gasteiger partial charge on any atom is -0.477 e. The molecular formula is C23H20FNO2S. The molecule has 4 aromatic rings. The van der Waals surface area contributed by atoms with Crippen molar-refractivity contribution in [2.45, 2.75) is 26.2 Å². The van der Waals surface area contributed by atoms with Crippen molar-refractivity contribution in [2.75, 3.05) is 0 Å². The molecule has 2 aromatic carbocycles. The Balaban J connectivity index is 1.96. The number of aromatic amines is 1. The van der Waals surface area contributed by atoms with Crippen molar-refractivity contribution in [1.82, 2.24) is 4.98 Å². The predicted octanol–water partition coefficient (Wildman–Crippen LogP) is 6.45. The van der Waals surface area contributed by atoms with E-state index < -0.39 is 5.97 Å². The van der Waals surface area contributed by atoms with Gasteiger partial charge in [-0.1, -0.05) is 50.2 Å². The fraction of sp³-hybridized carbons (Fsp3) is 0.174. The van der Waals surface area contributed by atoms with Crippen molar-refractivity contribution in [3.05, 3.63) is 81.4 Å². The topological polar surface area (TPSA) is 53.1 Å². The van der Waals surface area contributed by atoms with Crippen LogP contribution in [0.25, 0.3) is 22.0 Å². The maximum atomic E-state index is 14.4. The molecule has 5 heteroatoms. The molecule has 0 fully saturated rings. The van der Waals surface area contributed by atoms with E-state index in [4.69, 9.17) is 0 Å². The summed E-state index contributed by atoms with van der Waals surface area (Å²) in [5.41, 5.74) is 3.62. The molecule has 1 atom stereocenters. The molecule has 2 heterocycles. The summed E-state index contributed by atoms with van der Waals surface area (Å²) in [7, 11) is 0. The lowest BCUT2D eigenvalue weighted by atomic mass is 9.94. The van der Waals surface area contributed by atoms with E-state index in [0.29, 0.717) is 23.1 Å². The van der Waals surface area contributed by atoms with Gasteiger partial charge in [-0.2, -0.15) is 0 Å². The highest BCUT2D eigenvalue weighted by Crippen LogP contribution is 2.38. The number of aryl methyl sites for hydroxylation is 1. The van der Waals surface area contributed by atoms with Crippen LogP contribution < -0.4 is 0 Å². The first-order chi connectivity index (χ1) is 13.5. The van der Waals surface area contributed by atoms with Gasteiger partial charge < -0.3 is 10.1 Å². The predicted molar refractivity (Wildman–Crippen MR) is 112 cm³/mol. The Morgan fingerprint density at radius 1 is 1.21 bits per heavy atom. The quantitative estimate of drug-likeness (QED) is 0.409. The number of carbonyl (C=O) groups is 1. The Morgan fingerprint density at radius 2 is 2.04 bits per heavy atom. The van der Waals surface area contributed by atoms with E-state index in [2.05, 4.69) is 18.0 Å². The van der Waals surface area contributed by atoms with Gasteiger partial charge in [-0.15, -0.1) is 11.3 Å². The molecule has 2 aromatic heterocycles. The molecule has 28 heavy (non-hydrogen) atoms. The Bertz CT molecular complexity index is 1160. The summed E-state index contributed by atoms with van der Waals surface area (Å²) in [5.74, 6) is -1.24. The summed E-state index contributed by atoms with van der Waals surface area (Å²) in [4.78, 5) is 16.3. The number of carboxylic acid groups (broad SMARTS) is 1. The zero-order chi connectivity index (χ0) is 19.8. The van der Waals surface area contributed by atoms with Crippen LogP contribution >= 0.6 is 11.3 Å². The van der Waals surface area contributed by atoms with Gasteiger partial charge in [-0.25, -0.2) is 9.18 Å². The molecule has 0 radical (unpaired) electrons. The molecule has 142 valence electrons. The van der Waals surface area contributed by atoms with Crippen molar-refractivity contribution in [1.29, 1.82) is 0 Å². The maximum absolute atomic E-state index is 14.4. The molecule has 4 rings (SSSR count). The molecule has 2 N–H and O–H groups in total. The van der Waals surface area contributed by atoms with Crippen LogP contribution in [0.15, 0.2) is 53.9 Å². The molecule has 0 saturated carbocycles. The lowest BCUT2D eigenvalue weighted by Gasteiger charge is -2.11. The average molecular weight is 393 g/mol. The zero-order valence-corrected chi connectivity index (χ0v) is 16.4. The highest BCUT2D eigenvalue weighted by atomic mass is 32.1. The van der Waals surface area contributed by atoms with Crippen LogP contribution in [0.3, 0.4) is 0 Å². The van der Waals surface area contributed by atoms with E-state index in [0.717, 1.165) is 16.5 Å². The second kappa shape index (κ2) is 7.24. The number of rotatable bonds is 5. The molecule has 0 bridgehead atoms. The second-order valence-electron chi connectivity index (χ2n) is 6.85. The van der Waals surface area contributed by atoms with E-state index in [1.165, 1.54) is 10.9 Å². The van der Waals surface area contributed by atoms with E-state index in [1.54, 1.807) is 23.5 Å². The van der Waals surface area contributed by atoms with E-state index in [1.807, 2.05) is 36.6 Å². The van der Waals surface area contributed by atoms with Crippen molar-refractivity contribution < 1.29 is 14.3 Å². The molecule has 0 aliphatic heterocycles. The highest BCUT2D eigenvalue weighted by Gasteiger charge is 2.23. The lowest BCUT2D eigenvalue weighted by Crippen LogP contribution is -1.99. The van der Waals surface area contributed by atoms with Gasteiger partial charge in [0.05, 0.1) is 5.52 Å². The number of thiophene rings is 1. The molecular weight excluding hydrogens is 373 g/mol. The second-order valence-corrected chi connectivity index (χ2v) is 7.83. The number of H-pyrrole nitrogens is 1. The number of aromatic nitrogens is 1. The van der Waals surface area contributed by atoms with Crippen LogP contribution in [0.5, 0.6) is 0 Å². The minimum absolute atomic E-state index is 0.0875. The average Bonchev–Trinajstić information content (AvgIpc) is 3.35. The SMILES string of the molecule is CCc1ccc(-c2c(C(=O)O)[nH]c3c(C(C)c4cccs4)cccc23)cc1F. The van der Waals surface area contributed by atoms with Gasteiger partial charge in [-0.3, -0.25) is 0 Å².